The van der Waals surface area contributed by atoms with Gasteiger partial charge in [-0.1, -0.05) is 0 Å². The minimum Gasteiger partial charge on any atom is -0.497 e. The van der Waals surface area contributed by atoms with Gasteiger partial charge in [-0.25, -0.2) is 0 Å². The predicted octanol–water partition coefficient (Wildman–Crippen LogP) is 3.67. The molecular formula is C19H23NO4. The number of ether oxygens (including phenoxy) is 3. The van der Waals surface area contributed by atoms with Crippen LogP contribution in [0.25, 0.3) is 0 Å². The van der Waals surface area contributed by atoms with Crippen molar-refractivity contribution in [2.24, 2.45) is 0 Å². The first kappa shape index (κ1) is 17.7. The minimum atomic E-state index is -0.0408. The van der Waals surface area contributed by atoms with E-state index >= 15 is 0 Å². The molecule has 0 heterocycles. The second kappa shape index (κ2) is 8.82. The lowest BCUT2D eigenvalue weighted by Gasteiger charge is -2.09. The maximum Gasteiger partial charge on any atom is 0.224 e. The molecule has 1 amide bonds. The molecule has 0 radical (unpaired) electrons. The van der Waals surface area contributed by atoms with Gasteiger partial charge in [0.25, 0.3) is 0 Å². The van der Waals surface area contributed by atoms with E-state index in [2.05, 4.69) is 5.32 Å². The Morgan fingerprint density at radius 2 is 1.58 bits per heavy atom. The van der Waals surface area contributed by atoms with Crippen LogP contribution in [0, 0.1) is 0 Å². The summed E-state index contributed by atoms with van der Waals surface area (Å²) in [5.41, 5.74) is 1.75. The first-order valence-corrected chi connectivity index (χ1v) is 7.89. The minimum absolute atomic E-state index is 0.0408. The van der Waals surface area contributed by atoms with Crippen molar-refractivity contribution >= 4 is 11.6 Å². The van der Waals surface area contributed by atoms with Gasteiger partial charge in [0.2, 0.25) is 5.91 Å². The molecule has 2 aromatic carbocycles. The molecule has 0 saturated heterocycles. The van der Waals surface area contributed by atoms with Gasteiger partial charge in [-0.05, 0) is 55.3 Å². The van der Waals surface area contributed by atoms with Crippen LogP contribution < -0.4 is 19.5 Å². The van der Waals surface area contributed by atoms with Gasteiger partial charge in [-0.2, -0.15) is 0 Å². The molecule has 0 atom stereocenters. The molecule has 0 aliphatic rings. The van der Waals surface area contributed by atoms with Gasteiger partial charge >= 0.3 is 0 Å². The SMILES string of the molecule is CCOc1ccc(NC(=O)CCc2cc(OC)cc(OC)c2)cc1. The van der Waals surface area contributed by atoms with E-state index in [1.165, 1.54) is 0 Å². The molecule has 0 bridgehead atoms. The number of hydrogen-bond acceptors (Lipinski definition) is 4. The van der Waals surface area contributed by atoms with E-state index in [4.69, 9.17) is 14.2 Å². The second-order valence-corrected chi connectivity index (χ2v) is 5.23. The summed E-state index contributed by atoms with van der Waals surface area (Å²) in [6.45, 7) is 2.55. The van der Waals surface area contributed by atoms with E-state index in [0.29, 0.717) is 19.4 Å². The summed E-state index contributed by atoms with van der Waals surface area (Å²) >= 11 is 0. The topological polar surface area (TPSA) is 56.8 Å². The van der Waals surface area contributed by atoms with Crippen LogP contribution in [-0.2, 0) is 11.2 Å². The van der Waals surface area contributed by atoms with E-state index in [1.54, 1.807) is 14.2 Å². The number of nitrogens with one attached hydrogen (secondary N) is 1. The van der Waals surface area contributed by atoms with E-state index < -0.39 is 0 Å². The lowest BCUT2D eigenvalue weighted by atomic mass is 10.1. The van der Waals surface area contributed by atoms with Crippen LogP contribution in [0.1, 0.15) is 18.9 Å². The predicted molar refractivity (Wildman–Crippen MR) is 94.1 cm³/mol. The van der Waals surface area contributed by atoms with Gasteiger partial charge < -0.3 is 19.5 Å². The molecule has 24 heavy (non-hydrogen) atoms. The maximum atomic E-state index is 12.1. The Balaban J connectivity index is 1.91. The molecule has 0 aromatic heterocycles. The zero-order chi connectivity index (χ0) is 17.4. The number of benzene rings is 2. The lowest BCUT2D eigenvalue weighted by Crippen LogP contribution is -2.12. The van der Waals surface area contributed by atoms with Crippen LogP contribution in [0.3, 0.4) is 0 Å². The molecule has 0 spiro atoms. The normalized spacial score (nSPS) is 10.1. The number of amides is 1. The Morgan fingerprint density at radius 1 is 0.958 bits per heavy atom. The maximum absolute atomic E-state index is 12.1. The summed E-state index contributed by atoms with van der Waals surface area (Å²) in [4.78, 5) is 12.1. The molecule has 128 valence electrons. The number of methoxy groups -OCH3 is 2. The molecule has 5 nitrogen and oxygen atoms in total. The molecule has 5 heteroatoms. The summed E-state index contributed by atoms with van der Waals surface area (Å²) in [5.74, 6) is 2.19. The fourth-order valence-corrected chi connectivity index (χ4v) is 2.29. The van der Waals surface area contributed by atoms with Gasteiger partial charge in [0.15, 0.2) is 0 Å². The largest absolute Gasteiger partial charge is 0.497 e. The Bertz CT molecular complexity index is 645. The summed E-state index contributed by atoms with van der Waals surface area (Å²) in [5, 5.41) is 2.88. The van der Waals surface area contributed by atoms with Crippen LogP contribution in [-0.4, -0.2) is 26.7 Å². The fourth-order valence-electron chi connectivity index (χ4n) is 2.29. The van der Waals surface area contributed by atoms with Crippen molar-refractivity contribution in [3.05, 3.63) is 48.0 Å². The number of aryl methyl sites for hydroxylation is 1. The third-order valence-electron chi connectivity index (χ3n) is 3.50. The highest BCUT2D eigenvalue weighted by molar-refractivity contribution is 5.90. The van der Waals surface area contributed by atoms with E-state index in [0.717, 1.165) is 28.5 Å². The van der Waals surface area contributed by atoms with Crippen molar-refractivity contribution in [3.63, 3.8) is 0 Å². The summed E-state index contributed by atoms with van der Waals surface area (Å²) in [6.07, 6.45) is 0.986. The molecule has 0 fully saturated rings. The Labute approximate surface area is 142 Å². The Hall–Kier alpha value is -2.69. The average Bonchev–Trinajstić information content (AvgIpc) is 2.61. The van der Waals surface area contributed by atoms with Crippen molar-refractivity contribution < 1.29 is 19.0 Å². The summed E-state index contributed by atoms with van der Waals surface area (Å²) in [7, 11) is 3.22. The fraction of sp³-hybridized carbons (Fsp3) is 0.316. The quantitative estimate of drug-likeness (QED) is 0.803. The smallest absolute Gasteiger partial charge is 0.224 e. The summed E-state index contributed by atoms with van der Waals surface area (Å²) in [6, 6.07) is 13.0. The molecular weight excluding hydrogens is 306 g/mol. The van der Waals surface area contributed by atoms with Crippen LogP contribution in [0.5, 0.6) is 17.2 Å². The highest BCUT2D eigenvalue weighted by Gasteiger charge is 2.06. The Morgan fingerprint density at radius 3 is 2.12 bits per heavy atom. The van der Waals surface area contributed by atoms with Gasteiger partial charge in [-0.15, -0.1) is 0 Å². The van der Waals surface area contributed by atoms with Gasteiger partial charge in [0.05, 0.1) is 20.8 Å². The van der Waals surface area contributed by atoms with Crippen LogP contribution in [0.15, 0.2) is 42.5 Å². The number of carbonyl (C=O) groups excluding carboxylic acids is 1. The van der Waals surface area contributed by atoms with Crippen LogP contribution in [0.4, 0.5) is 5.69 Å². The number of anilines is 1. The second-order valence-electron chi connectivity index (χ2n) is 5.23. The van der Waals surface area contributed by atoms with E-state index in [9.17, 15) is 4.79 Å². The molecule has 2 aromatic rings. The van der Waals surface area contributed by atoms with Crippen LogP contribution in [0.2, 0.25) is 0 Å². The van der Waals surface area contributed by atoms with Gasteiger partial charge in [0.1, 0.15) is 17.2 Å². The third-order valence-corrected chi connectivity index (χ3v) is 3.50. The molecule has 1 N–H and O–H groups in total. The molecule has 2 rings (SSSR count). The standard InChI is InChI=1S/C19H23NO4/c1-4-24-16-8-6-15(7-9-16)20-19(21)10-5-14-11-17(22-2)13-18(12-14)23-3/h6-9,11-13H,4-5,10H2,1-3H3,(H,20,21). The van der Waals surface area contributed by atoms with Crippen molar-refractivity contribution in [1.29, 1.82) is 0 Å². The van der Waals surface area contributed by atoms with Crippen molar-refractivity contribution in [2.45, 2.75) is 19.8 Å². The lowest BCUT2D eigenvalue weighted by molar-refractivity contribution is -0.116. The Kier molecular flexibility index (Phi) is 6.49. The highest BCUT2D eigenvalue weighted by Crippen LogP contribution is 2.23. The monoisotopic (exact) mass is 329 g/mol. The van der Waals surface area contributed by atoms with Gasteiger partial charge in [-0.3, -0.25) is 4.79 Å². The average molecular weight is 329 g/mol. The number of carbonyl (C=O) groups is 1. The molecule has 0 unspecified atom stereocenters. The van der Waals surface area contributed by atoms with Gasteiger partial charge in [0, 0.05) is 18.2 Å². The zero-order valence-electron chi connectivity index (χ0n) is 14.3. The number of hydrogen-bond donors (Lipinski definition) is 1. The van der Waals surface area contributed by atoms with Crippen molar-refractivity contribution in [1.82, 2.24) is 0 Å². The zero-order valence-corrected chi connectivity index (χ0v) is 14.3. The van der Waals surface area contributed by atoms with E-state index in [1.807, 2.05) is 49.4 Å². The highest BCUT2D eigenvalue weighted by atomic mass is 16.5. The molecule has 0 aliphatic heterocycles. The van der Waals surface area contributed by atoms with Crippen LogP contribution >= 0.6 is 0 Å². The van der Waals surface area contributed by atoms with Crippen molar-refractivity contribution in [2.75, 3.05) is 26.1 Å². The number of rotatable bonds is 8. The molecule has 0 saturated carbocycles. The van der Waals surface area contributed by atoms with E-state index in [-0.39, 0.29) is 5.91 Å². The van der Waals surface area contributed by atoms with Crippen molar-refractivity contribution in [3.8, 4) is 17.2 Å². The molecule has 0 aliphatic carbocycles. The summed E-state index contributed by atoms with van der Waals surface area (Å²) < 4.78 is 15.9. The first-order valence-electron chi connectivity index (χ1n) is 7.89. The first-order chi connectivity index (χ1) is 11.6. The third kappa shape index (κ3) is 5.19.